The average molecular weight is 203 g/mol. The lowest BCUT2D eigenvalue weighted by Crippen LogP contribution is -2.12. The van der Waals surface area contributed by atoms with Gasteiger partial charge in [0.25, 0.3) is 0 Å². The number of rotatable bonds is 3. The zero-order valence-corrected chi connectivity index (χ0v) is 8.11. The maximum atomic E-state index is 12.7. The molecule has 1 aromatic carbocycles. The molecule has 0 N–H and O–H groups in total. The first-order valence-electron chi connectivity index (χ1n) is 4.91. The fraction of sp³-hybridized carbons (Fsp3) is 0.333. The molecule has 0 aromatic heterocycles. The largest absolute Gasteiger partial charge is 0.298 e. The Bertz CT molecular complexity index is 414. The van der Waals surface area contributed by atoms with Crippen LogP contribution in [0.2, 0.25) is 0 Å². The number of benzene rings is 1. The molecule has 1 atom stereocenters. The van der Waals surface area contributed by atoms with E-state index in [0.717, 1.165) is 12.8 Å². The third kappa shape index (κ3) is 2.04. The summed E-state index contributed by atoms with van der Waals surface area (Å²) in [6.07, 6.45) is 1.77. The molecule has 1 aliphatic carbocycles. The van der Waals surface area contributed by atoms with E-state index in [9.17, 15) is 9.18 Å². The summed E-state index contributed by atoms with van der Waals surface area (Å²) in [6.45, 7) is 0. The summed E-state index contributed by atoms with van der Waals surface area (Å²) in [5, 5.41) is 8.93. The van der Waals surface area contributed by atoms with Crippen LogP contribution in [-0.2, 0) is 4.79 Å². The molecule has 15 heavy (non-hydrogen) atoms. The molecule has 1 saturated carbocycles. The molecule has 0 aliphatic heterocycles. The van der Waals surface area contributed by atoms with Gasteiger partial charge in [0.2, 0.25) is 0 Å². The van der Waals surface area contributed by atoms with Gasteiger partial charge in [-0.25, -0.2) is 4.39 Å². The molecule has 0 bridgehead atoms. The maximum absolute atomic E-state index is 12.7. The molecule has 0 saturated heterocycles. The van der Waals surface area contributed by atoms with E-state index in [1.807, 2.05) is 6.07 Å². The maximum Gasteiger partial charge on any atom is 0.157 e. The SMILES string of the molecule is N#CC(C(=O)C1CC1)c1ccc(F)cc1. The summed E-state index contributed by atoms with van der Waals surface area (Å²) in [4.78, 5) is 11.7. The number of hydrogen-bond acceptors (Lipinski definition) is 2. The highest BCUT2D eigenvalue weighted by Crippen LogP contribution is 2.35. The summed E-state index contributed by atoms with van der Waals surface area (Å²) < 4.78 is 12.7. The number of carbonyl (C=O) groups is 1. The van der Waals surface area contributed by atoms with E-state index in [-0.39, 0.29) is 17.5 Å². The van der Waals surface area contributed by atoms with Crippen LogP contribution in [0, 0.1) is 23.1 Å². The van der Waals surface area contributed by atoms with E-state index in [4.69, 9.17) is 5.26 Å². The Labute approximate surface area is 87.3 Å². The Balaban J connectivity index is 2.23. The highest BCUT2D eigenvalue weighted by molar-refractivity contribution is 5.91. The molecule has 2 rings (SSSR count). The quantitative estimate of drug-likeness (QED) is 0.756. The number of carbonyl (C=O) groups excluding carboxylic acids is 1. The van der Waals surface area contributed by atoms with Crippen molar-refractivity contribution in [3.05, 3.63) is 35.6 Å². The number of nitriles is 1. The van der Waals surface area contributed by atoms with Gasteiger partial charge in [0.05, 0.1) is 6.07 Å². The van der Waals surface area contributed by atoms with Crippen molar-refractivity contribution in [2.45, 2.75) is 18.8 Å². The van der Waals surface area contributed by atoms with Crippen molar-refractivity contribution in [3.8, 4) is 6.07 Å². The number of Topliss-reactive ketones (excluding diaryl/α,β-unsaturated/α-hetero) is 1. The van der Waals surface area contributed by atoms with Crippen LogP contribution in [0.15, 0.2) is 24.3 Å². The van der Waals surface area contributed by atoms with E-state index in [1.165, 1.54) is 24.3 Å². The zero-order valence-electron chi connectivity index (χ0n) is 8.11. The minimum absolute atomic E-state index is 0.0240. The topological polar surface area (TPSA) is 40.9 Å². The molecule has 0 radical (unpaired) electrons. The second kappa shape index (κ2) is 3.82. The fourth-order valence-electron chi connectivity index (χ4n) is 1.56. The lowest BCUT2D eigenvalue weighted by molar-refractivity contribution is -0.120. The predicted molar refractivity (Wildman–Crippen MR) is 52.5 cm³/mol. The van der Waals surface area contributed by atoms with Crippen molar-refractivity contribution < 1.29 is 9.18 Å². The second-order valence-electron chi connectivity index (χ2n) is 3.79. The van der Waals surface area contributed by atoms with Crippen LogP contribution in [0.1, 0.15) is 24.3 Å². The molecule has 1 unspecified atom stereocenters. The van der Waals surface area contributed by atoms with Gasteiger partial charge in [0, 0.05) is 5.92 Å². The zero-order chi connectivity index (χ0) is 10.8. The first kappa shape index (κ1) is 9.85. The van der Waals surface area contributed by atoms with Gasteiger partial charge in [0.1, 0.15) is 11.7 Å². The molecule has 1 aromatic rings. The van der Waals surface area contributed by atoms with Crippen molar-refractivity contribution >= 4 is 5.78 Å². The van der Waals surface area contributed by atoms with Gasteiger partial charge in [-0.1, -0.05) is 12.1 Å². The van der Waals surface area contributed by atoms with E-state index in [2.05, 4.69) is 0 Å². The van der Waals surface area contributed by atoms with Crippen LogP contribution in [0.3, 0.4) is 0 Å². The Hall–Kier alpha value is -1.69. The number of nitrogens with zero attached hydrogens (tertiary/aromatic N) is 1. The monoisotopic (exact) mass is 203 g/mol. The van der Waals surface area contributed by atoms with Crippen molar-refractivity contribution in [1.29, 1.82) is 5.26 Å². The van der Waals surface area contributed by atoms with Gasteiger partial charge in [0.15, 0.2) is 5.78 Å². The summed E-state index contributed by atoms with van der Waals surface area (Å²) in [7, 11) is 0. The van der Waals surface area contributed by atoms with Crippen LogP contribution in [0.25, 0.3) is 0 Å². The Morgan fingerprint density at radius 1 is 1.40 bits per heavy atom. The van der Waals surface area contributed by atoms with E-state index in [1.54, 1.807) is 0 Å². The Morgan fingerprint density at radius 3 is 2.47 bits per heavy atom. The molecule has 0 spiro atoms. The molecule has 0 heterocycles. The molecule has 1 fully saturated rings. The third-order valence-electron chi connectivity index (χ3n) is 2.60. The molecule has 3 heteroatoms. The van der Waals surface area contributed by atoms with Gasteiger partial charge in [-0.05, 0) is 30.5 Å². The minimum Gasteiger partial charge on any atom is -0.298 e. The lowest BCUT2D eigenvalue weighted by atomic mass is 9.93. The van der Waals surface area contributed by atoms with Gasteiger partial charge in [-0.2, -0.15) is 5.26 Å². The fourth-order valence-corrected chi connectivity index (χ4v) is 1.56. The van der Waals surface area contributed by atoms with Crippen LogP contribution < -0.4 is 0 Å². The van der Waals surface area contributed by atoms with Gasteiger partial charge in [-0.15, -0.1) is 0 Å². The molecule has 0 amide bonds. The molecule has 2 nitrogen and oxygen atoms in total. The van der Waals surface area contributed by atoms with Gasteiger partial charge < -0.3 is 0 Å². The van der Waals surface area contributed by atoms with E-state index in [0.29, 0.717) is 5.56 Å². The number of ketones is 1. The molecular weight excluding hydrogens is 193 g/mol. The highest BCUT2D eigenvalue weighted by atomic mass is 19.1. The Kier molecular flexibility index (Phi) is 2.51. The van der Waals surface area contributed by atoms with Crippen molar-refractivity contribution in [2.24, 2.45) is 5.92 Å². The summed E-state index contributed by atoms with van der Waals surface area (Å²) in [5.41, 5.74) is 0.593. The molecular formula is C12H10FNO. The van der Waals surface area contributed by atoms with Gasteiger partial charge >= 0.3 is 0 Å². The number of hydrogen-bond donors (Lipinski definition) is 0. The van der Waals surface area contributed by atoms with E-state index >= 15 is 0 Å². The first-order chi connectivity index (χ1) is 7.22. The van der Waals surface area contributed by atoms with Crippen LogP contribution >= 0.6 is 0 Å². The normalized spacial score (nSPS) is 16.8. The van der Waals surface area contributed by atoms with Crippen molar-refractivity contribution in [3.63, 3.8) is 0 Å². The van der Waals surface area contributed by atoms with Gasteiger partial charge in [-0.3, -0.25) is 4.79 Å². The lowest BCUT2D eigenvalue weighted by Gasteiger charge is -2.06. The second-order valence-corrected chi connectivity index (χ2v) is 3.79. The minimum atomic E-state index is -0.724. The van der Waals surface area contributed by atoms with E-state index < -0.39 is 5.92 Å². The summed E-state index contributed by atoms with van der Waals surface area (Å²) in [6, 6.07) is 7.55. The molecule has 1 aliphatic rings. The smallest absolute Gasteiger partial charge is 0.157 e. The standard InChI is InChI=1S/C12H10FNO/c13-10-5-3-8(4-6-10)11(7-14)12(15)9-1-2-9/h3-6,9,11H,1-2H2. The average Bonchev–Trinajstić information content (AvgIpc) is 3.05. The van der Waals surface area contributed by atoms with Crippen LogP contribution in [0.5, 0.6) is 0 Å². The molecule has 76 valence electrons. The Morgan fingerprint density at radius 2 is 2.00 bits per heavy atom. The third-order valence-corrected chi connectivity index (χ3v) is 2.60. The number of halogens is 1. The van der Waals surface area contributed by atoms with Crippen LogP contribution in [-0.4, -0.2) is 5.78 Å². The summed E-state index contributed by atoms with van der Waals surface area (Å²) in [5.74, 6) is -1.05. The first-order valence-corrected chi connectivity index (χ1v) is 4.91. The van der Waals surface area contributed by atoms with Crippen molar-refractivity contribution in [1.82, 2.24) is 0 Å². The van der Waals surface area contributed by atoms with Crippen molar-refractivity contribution in [2.75, 3.05) is 0 Å². The highest BCUT2D eigenvalue weighted by Gasteiger charge is 2.35. The summed E-state index contributed by atoms with van der Waals surface area (Å²) >= 11 is 0. The van der Waals surface area contributed by atoms with Crippen LogP contribution in [0.4, 0.5) is 4.39 Å². The predicted octanol–water partition coefficient (Wildman–Crippen LogP) is 2.41.